The minimum atomic E-state index is -3.88. The summed E-state index contributed by atoms with van der Waals surface area (Å²) in [6.45, 7) is 0.140. The number of nitrogens with one attached hydrogen (secondary N) is 3. The minimum absolute atomic E-state index is 0.152. The van der Waals surface area contributed by atoms with Gasteiger partial charge in [0.25, 0.3) is 0 Å². The average Bonchev–Trinajstić information content (AvgIpc) is 2.89. The molecule has 12 heteroatoms. The third kappa shape index (κ3) is 9.54. The molecule has 0 aliphatic rings. The van der Waals surface area contributed by atoms with Crippen LogP contribution in [0.4, 0.5) is 0 Å². The molecule has 2 amide bonds. The summed E-state index contributed by atoms with van der Waals surface area (Å²) in [6, 6.07) is 12.8. The van der Waals surface area contributed by atoms with Crippen LogP contribution in [0.25, 0.3) is 0 Å². The number of nitrogens with two attached hydrogens (primary N) is 1. The van der Waals surface area contributed by atoms with E-state index in [1.807, 2.05) is 6.07 Å². The standard InChI is InChI=1S/C25H29ClN6O4S/c26-21-7-6-19(13-27)20(12-21)15-30-24(33)16-31-25(34)23(9-8-22-5-1-2-11-29-22)32-37(35,36)17-18-4-3-10-28-14-18/h1-7,10-12,14,23,32H,8-9,13,15-17,27H2,(H,30,33)(H,31,34). The molecule has 0 aliphatic heterocycles. The number of benzene rings is 1. The molecule has 37 heavy (non-hydrogen) atoms. The zero-order valence-electron chi connectivity index (χ0n) is 20.1. The van der Waals surface area contributed by atoms with Crippen LogP contribution < -0.4 is 21.1 Å². The molecular weight excluding hydrogens is 516 g/mol. The summed E-state index contributed by atoms with van der Waals surface area (Å²) in [4.78, 5) is 33.5. The van der Waals surface area contributed by atoms with E-state index in [2.05, 4.69) is 25.3 Å². The van der Waals surface area contributed by atoms with E-state index in [0.29, 0.717) is 22.7 Å². The number of pyridine rings is 2. The molecule has 10 nitrogen and oxygen atoms in total. The van der Waals surface area contributed by atoms with Gasteiger partial charge in [0.2, 0.25) is 21.8 Å². The molecule has 1 atom stereocenters. The summed E-state index contributed by atoms with van der Waals surface area (Å²) < 4.78 is 28.0. The SMILES string of the molecule is NCc1ccc(Cl)cc1CNC(=O)CNC(=O)C(CCc1ccccn1)NS(=O)(=O)Cc1cccnc1. The van der Waals surface area contributed by atoms with Crippen LogP contribution in [-0.4, -0.2) is 42.8 Å². The molecule has 0 fully saturated rings. The van der Waals surface area contributed by atoms with E-state index in [-0.39, 0.29) is 31.8 Å². The molecule has 1 aromatic carbocycles. The number of aryl methyl sites for hydroxylation is 1. The van der Waals surface area contributed by atoms with Crippen LogP contribution in [0.15, 0.2) is 67.1 Å². The average molecular weight is 545 g/mol. The van der Waals surface area contributed by atoms with Crippen molar-refractivity contribution < 1.29 is 18.0 Å². The Morgan fingerprint density at radius 3 is 2.57 bits per heavy atom. The van der Waals surface area contributed by atoms with E-state index in [9.17, 15) is 18.0 Å². The topological polar surface area (TPSA) is 156 Å². The van der Waals surface area contributed by atoms with Gasteiger partial charge in [0, 0.05) is 42.4 Å². The number of halogens is 1. The molecular formula is C25H29ClN6O4S. The van der Waals surface area contributed by atoms with Gasteiger partial charge in [0.1, 0.15) is 6.04 Å². The Labute approximate surface area is 221 Å². The Hall–Kier alpha value is -3.38. The van der Waals surface area contributed by atoms with Crippen molar-refractivity contribution in [1.82, 2.24) is 25.3 Å². The number of carbonyl (C=O) groups is 2. The second kappa shape index (κ2) is 13.8. The Kier molecular flexibility index (Phi) is 10.5. The normalized spacial score (nSPS) is 12.1. The molecule has 0 spiro atoms. The fourth-order valence-electron chi connectivity index (χ4n) is 3.55. The number of aromatic nitrogens is 2. The first-order valence-corrected chi connectivity index (χ1v) is 13.6. The lowest BCUT2D eigenvalue weighted by molar-refractivity contribution is -0.127. The monoisotopic (exact) mass is 544 g/mol. The molecule has 3 aromatic rings. The minimum Gasteiger partial charge on any atom is -0.350 e. The lowest BCUT2D eigenvalue weighted by Crippen LogP contribution is -2.49. The number of sulfonamides is 1. The highest BCUT2D eigenvalue weighted by Gasteiger charge is 2.25. The summed E-state index contributed by atoms with van der Waals surface area (Å²) in [7, 11) is -3.88. The van der Waals surface area contributed by atoms with Crippen molar-refractivity contribution in [1.29, 1.82) is 0 Å². The molecule has 0 radical (unpaired) electrons. The van der Waals surface area contributed by atoms with Crippen LogP contribution in [0.1, 0.15) is 28.8 Å². The fourth-order valence-corrected chi connectivity index (χ4v) is 5.09. The summed E-state index contributed by atoms with van der Waals surface area (Å²) in [6.07, 6.45) is 5.12. The second-order valence-corrected chi connectivity index (χ2v) is 10.5. The third-order valence-electron chi connectivity index (χ3n) is 5.42. The van der Waals surface area contributed by atoms with E-state index in [4.69, 9.17) is 17.3 Å². The lowest BCUT2D eigenvalue weighted by atomic mass is 10.1. The zero-order valence-corrected chi connectivity index (χ0v) is 21.6. The van der Waals surface area contributed by atoms with Crippen LogP contribution in [0.2, 0.25) is 5.02 Å². The number of hydrogen-bond acceptors (Lipinski definition) is 7. The molecule has 0 saturated heterocycles. The van der Waals surface area contributed by atoms with E-state index in [1.165, 1.54) is 6.20 Å². The predicted molar refractivity (Wildman–Crippen MR) is 141 cm³/mol. The smallest absolute Gasteiger partial charge is 0.239 e. The van der Waals surface area contributed by atoms with Gasteiger partial charge in [-0.15, -0.1) is 0 Å². The number of amides is 2. The van der Waals surface area contributed by atoms with E-state index in [0.717, 1.165) is 11.1 Å². The van der Waals surface area contributed by atoms with Crippen molar-refractivity contribution in [2.75, 3.05) is 6.54 Å². The van der Waals surface area contributed by atoms with Crippen LogP contribution in [0.5, 0.6) is 0 Å². The van der Waals surface area contributed by atoms with Crippen LogP contribution in [0.3, 0.4) is 0 Å². The maximum atomic E-state index is 12.9. The van der Waals surface area contributed by atoms with Crippen LogP contribution >= 0.6 is 11.6 Å². The van der Waals surface area contributed by atoms with Crippen molar-refractivity contribution in [3.63, 3.8) is 0 Å². The van der Waals surface area contributed by atoms with Gasteiger partial charge in [0.05, 0.1) is 12.3 Å². The first-order valence-electron chi connectivity index (χ1n) is 11.6. The maximum Gasteiger partial charge on any atom is 0.239 e. The fraction of sp³-hybridized carbons (Fsp3) is 0.280. The summed E-state index contributed by atoms with van der Waals surface area (Å²) >= 11 is 6.03. The molecule has 5 N–H and O–H groups in total. The van der Waals surface area contributed by atoms with E-state index >= 15 is 0 Å². The van der Waals surface area contributed by atoms with Gasteiger partial charge in [-0.25, -0.2) is 13.1 Å². The predicted octanol–water partition coefficient (Wildman–Crippen LogP) is 1.44. The van der Waals surface area contributed by atoms with Gasteiger partial charge in [0.15, 0.2) is 0 Å². The number of rotatable bonds is 13. The molecule has 196 valence electrons. The molecule has 0 aliphatic carbocycles. The number of hydrogen-bond donors (Lipinski definition) is 4. The third-order valence-corrected chi connectivity index (χ3v) is 7.01. The van der Waals surface area contributed by atoms with Gasteiger partial charge >= 0.3 is 0 Å². The van der Waals surface area contributed by atoms with Gasteiger partial charge in [-0.1, -0.05) is 29.8 Å². The molecule has 2 heterocycles. The van der Waals surface area contributed by atoms with E-state index in [1.54, 1.807) is 54.9 Å². The van der Waals surface area contributed by atoms with Gasteiger partial charge in [-0.2, -0.15) is 0 Å². The summed E-state index contributed by atoms with van der Waals surface area (Å²) in [5.74, 6) is -1.40. The molecule has 1 unspecified atom stereocenters. The Morgan fingerprint density at radius 2 is 1.86 bits per heavy atom. The molecule has 3 rings (SSSR count). The van der Waals surface area contributed by atoms with Crippen molar-refractivity contribution in [2.24, 2.45) is 5.73 Å². The highest BCUT2D eigenvalue weighted by molar-refractivity contribution is 7.88. The van der Waals surface area contributed by atoms with E-state index < -0.39 is 27.9 Å². The Balaban J connectivity index is 1.61. The highest BCUT2D eigenvalue weighted by Crippen LogP contribution is 2.15. The second-order valence-electron chi connectivity index (χ2n) is 8.26. The number of nitrogens with zero attached hydrogens (tertiary/aromatic N) is 2. The van der Waals surface area contributed by atoms with Crippen LogP contribution in [-0.2, 0) is 44.9 Å². The van der Waals surface area contributed by atoms with Crippen molar-refractivity contribution in [3.8, 4) is 0 Å². The summed E-state index contributed by atoms with van der Waals surface area (Å²) in [5.41, 5.74) is 8.53. The van der Waals surface area contributed by atoms with Crippen molar-refractivity contribution in [3.05, 3.63) is 94.5 Å². The Morgan fingerprint density at radius 1 is 1.03 bits per heavy atom. The quantitative estimate of drug-likeness (QED) is 0.253. The van der Waals surface area contributed by atoms with Crippen LogP contribution in [0, 0.1) is 0 Å². The molecule has 2 aromatic heterocycles. The van der Waals surface area contributed by atoms with Gasteiger partial charge in [-0.3, -0.25) is 19.6 Å². The van der Waals surface area contributed by atoms with Crippen molar-refractivity contribution >= 4 is 33.4 Å². The highest BCUT2D eigenvalue weighted by atomic mass is 35.5. The van der Waals surface area contributed by atoms with Gasteiger partial charge < -0.3 is 16.4 Å². The molecule has 0 saturated carbocycles. The van der Waals surface area contributed by atoms with Crippen molar-refractivity contribution in [2.45, 2.75) is 37.7 Å². The maximum absolute atomic E-state index is 12.9. The van der Waals surface area contributed by atoms with Gasteiger partial charge in [-0.05, 0) is 59.9 Å². The number of carbonyl (C=O) groups excluding carboxylic acids is 2. The largest absolute Gasteiger partial charge is 0.350 e. The Bertz CT molecular complexity index is 1290. The zero-order chi connectivity index (χ0) is 26.7. The first kappa shape index (κ1) is 28.2. The summed E-state index contributed by atoms with van der Waals surface area (Å²) in [5, 5.41) is 5.75. The first-order chi connectivity index (χ1) is 17.8. The molecule has 0 bridgehead atoms. The lowest BCUT2D eigenvalue weighted by Gasteiger charge is -2.18.